The normalized spacial score (nSPS) is 10.6. The van der Waals surface area contributed by atoms with E-state index in [1.54, 1.807) is 10.9 Å². The fraction of sp³-hybridized carbons (Fsp3) is 0.375. The first-order valence-corrected chi connectivity index (χ1v) is 7.09. The van der Waals surface area contributed by atoms with Crippen LogP contribution in [0.3, 0.4) is 0 Å². The summed E-state index contributed by atoms with van der Waals surface area (Å²) in [6.07, 6.45) is 1.75. The number of rotatable bonds is 6. The molecule has 0 unspecified atom stereocenters. The van der Waals surface area contributed by atoms with Gasteiger partial charge in [-0.2, -0.15) is 5.10 Å². The van der Waals surface area contributed by atoms with Crippen LogP contribution >= 0.6 is 0 Å². The van der Waals surface area contributed by atoms with Crippen molar-refractivity contribution in [3.63, 3.8) is 0 Å². The largest absolute Gasteiger partial charge is 0.380 e. The highest BCUT2D eigenvalue weighted by molar-refractivity contribution is 6.00. The van der Waals surface area contributed by atoms with Crippen molar-refractivity contribution in [1.29, 1.82) is 0 Å². The molecule has 1 aromatic heterocycles. The summed E-state index contributed by atoms with van der Waals surface area (Å²) in [6, 6.07) is 7.92. The van der Waals surface area contributed by atoms with Crippen LogP contribution in [0.4, 0.5) is 0 Å². The van der Waals surface area contributed by atoms with E-state index in [4.69, 9.17) is 4.74 Å². The molecule has 0 spiro atoms. The lowest BCUT2D eigenvalue weighted by Crippen LogP contribution is -2.27. The number of carbonyl (C=O) groups excluding carboxylic acids is 1. The van der Waals surface area contributed by atoms with Gasteiger partial charge in [0.25, 0.3) is 5.91 Å². The molecule has 0 atom stereocenters. The summed E-state index contributed by atoms with van der Waals surface area (Å²) >= 11 is 0. The highest BCUT2D eigenvalue weighted by atomic mass is 16.5. The molecule has 0 fully saturated rings. The molecule has 0 aliphatic heterocycles. The molecule has 0 saturated heterocycles. The third kappa shape index (κ3) is 3.70. The summed E-state index contributed by atoms with van der Waals surface area (Å²) in [5, 5.41) is 7.29. The van der Waals surface area contributed by atoms with Gasteiger partial charge < -0.3 is 10.1 Å². The summed E-state index contributed by atoms with van der Waals surface area (Å²) in [4.78, 5) is 12.3. The van der Waals surface area contributed by atoms with Crippen molar-refractivity contribution < 1.29 is 9.53 Å². The lowest BCUT2D eigenvalue weighted by atomic mass is 10.0. The molecular weight excluding hydrogens is 266 g/mol. The second-order valence-corrected chi connectivity index (χ2v) is 4.83. The van der Waals surface area contributed by atoms with Crippen LogP contribution in [0, 0.1) is 6.92 Å². The third-order valence-corrected chi connectivity index (χ3v) is 3.21. The lowest BCUT2D eigenvalue weighted by Gasteiger charge is -2.07. The predicted molar refractivity (Wildman–Crippen MR) is 82.2 cm³/mol. The maximum atomic E-state index is 12.3. The summed E-state index contributed by atoms with van der Waals surface area (Å²) < 4.78 is 6.89. The highest BCUT2D eigenvalue weighted by Crippen LogP contribution is 2.24. The van der Waals surface area contributed by atoms with Crippen molar-refractivity contribution in [1.82, 2.24) is 15.1 Å². The summed E-state index contributed by atoms with van der Waals surface area (Å²) in [5.74, 6) is -0.124. The first-order valence-electron chi connectivity index (χ1n) is 7.09. The zero-order chi connectivity index (χ0) is 15.2. The van der Waals surface area contributed by atoms with E-state index in [2.05, 4.69) is 10.4 Å². The van der Waals surface area contributed by atoms with Crippen molar-refractivity contribution in [3.8, 4) is 11.3 Å². The molecule has 2 aromatic rings. The quantitative estimate of drug-likeness (QED) is 0.828. The molecule has 0 aliphatic rings. The van der Waals surface area contributed by atoms with E-state index in [0.29, 0.717) is 31.0 Å². The molecule has 1 aromatic carbocycles. The second kappa shape index (κ2) is 7.04. The number of aryl methyl sites for hydroxylation is 2. The zero-order valence-electron chi connectivity index (χ0n) is 12.7. The van der Waals surface area contributed by atoms with Crippen molar-refractivity contribution in [2.45, 2.75) is 13.8 Å². The first kappa shape index (κ1) is 15.3. The minimum absolute atomic E-state index is 0.124. The van der Waals surface area contributed by atoms with Gasteiger partial charge in [0.15, 0.2) is 0 Å². The lowest BCUT2D eigenvalue weighted by molar-refractivity contribution is 0.0923. The van der Waals surface area contributed by atoms with E-state index in [1.807, 2.05) is 45.2 Å². The van der Waals surface area contributed by atoms with Gasteiger partial charge in [-0.1, -0.05) is 24.3 Å². The van der Waals surface area contributed by atoms with Gasteiger partial charge in [0.1, 0.15) is 5.69 Å². The maximum absolute atomic E-state index is 12.3. The van der Waals surface area contributed by atoms with Gasteiger partial charge in [-0.15, -0.1) is 0 Å². The van der Waals surface area contributed by atoms with E-state index < -0.39 is 0 Å². The Balaban J connectivity index is 2.21. The molecule has 1 amide bonds. The Morgan fingerprint density at radius 1 is 1.38 bits per heavy atom. The van der Waals surface area contributed by atoms with Crippen LogP contribution in [0.1, 0.15) is 22.8 Å². The Kier molecular flexibility index (Phi) is 5.11. The Bertz CT molecular complexity index is 620. The van der Waals surface area contributed by atoms with Crippen molar-refractivity contribution in [2.24, 2.45) is 7.05 Å². The molecule has 0 bridgehead atoms. The van der Waals surface area contributed by atoms with Gasteiger partial charge in [0, 0.05) is 32.0 Å². The first-order chi connectivity index (χ1) is 10.1. The number of aromatic nitrogens is 2. The van der Waals surface area contributed by atoms with Gasteiger partial charge in [-0.25, -0.2) is 0 Å². The summed E-state index contributed by atoms with van der Waals surface area (Å²) in [5.41, 5.74) is 3.38. The molecule has 5 heteroatoms. The molecule has 0 radical (unpaired) electrons. The second-order valence-electron chi connectivity index (χ2n) is 4.83. The highest BCUT2D eigenvalue weighted by Gasteiger charge is 2.17. The van der Waals surface area contributed by atoms with Gasteiger partial charge in [0.05, 0.1) is 12.2 Å². The predicted octanol–water partition coefficient (Wildman–Crippen LogP) is 2.16. The van der Waals surface area contributed by atoms with Crippen molar-refractivity contribution >= 4 is 5.91 Å². The minimum atomic E-state index is -0.124. The topological polar surface area (TPSA) is 56.1 Å². The Labute approximate surface area is 124 Å². The number of hydrogen-bond donors (Lipinski definition) is 1. The zero-order valence-corrected chi connectivity index (χ0v) is 12.7. The third-order valence-electron chi connectivity index (χ3n) is 3.21. The maximum Gasteiger partial charge on any atom is 0.255 e. The number of amides is 1. The van der Waals surface area contributed by atoms with Crippen LogP contribution < -0.4 is 5.32 Å². The molecule has 0 saturated carbocycles. The standard InChI is InChI=1S/C16H21N3O2/c1-4-21-10-9-17-16(20)14-11-19(3)18-15(14)13-8-6-5-7-12(13)2/h5-8,11H,4,9-10H2,1-3H3,(H,17,20). The molecule has 0 aliphatic carbocycles. The van der Waals surface area contributed by atoms with E-state index >= 15 is 0 Å². The van der Waals surface area contributed by atoms with Crippen LogP contribution in [0.15, 0.2) is 30.5 Å². The molecule has 5 nitrogen and oxygen atoms in total. The van der Waals surface area contributed by atoms with Crippen LogP contribution in [0.2, 0.25) is 0 Å². The van der Waals surface area contributed by atoms with E-state index in [-0.39, 0.29) is 5.91 Å². The van der Waals surface area contributed by atoms with Crippen LogP contribution in [-0.2, 0) is 11.8 Å². The fourth-order valence-corrected chi connectivity index (χ4v) is 2.17. The number of benzene rings is 1. The fourth-order valence-electron chi connectivity index (χ4n) is 2.17. The average molecular weight is 287 g/mol. The number of nitrogens with one attached hydrogen (secondary N) is 1. The minimum Gasteiger partial charge on any atom is -0.380 e. The van der Waals surface area contributed by atoms with E-state index in [1.165, 1.54) is 0 Å². The number of carbonyl (C=O) groups is 1. The Morgan fingerprint density at radius 2 is 2.14 bits per heavy atom. The van der Waals surface area contributed by atoms with Crippen LogP contribution in [0.25, 0.3) is 11.3 Å². The average Bonchev–Trinajstić information content (AvgIpc) is 2.86. The molecule has 112 valence electrons. The van der Waals surface area contributed by atoms with E-state index in [0.717, 1.165) is 11.1 Å². The molecule has 1 N–H and O–H groups in total. The van der Waals surface area contributed by atoms with Gasteiger partial charge in [-0.05, 0) is 19.4 Å². The smallest absolute Gasteiger partial charge is 0.255 e. The number of ether oxygens (including phenoxy) is 1. The van der Waals surface area contributed by atoms with Crippen molar-refractivity contribution in [3.05, 3.63) is 41.6 Å². The number of nitrogens with zero attached hydrogens (tertiary/aromatic N) is 2. The molecule has 2 rings (SSSR count). The van der Waals surface area contributed by atoms with Crippen LogP contribution in [-0.4, -0.2) is 35.4 Å². The van der Waals surface area contributed by atoms with Crippen LogP contribution in [0.5, 0.6) is 0 Å². The molecule has 1 heterocycles. The Morgan fingerprint density at radius 3 is 2.86 bits per heavy atom. The van der Waals surface area contributed by atoms with Gasteiger partial charge >= 0.3 is 0 Å². The molecular formula is C16H21N3O2. The SMILES string of the molecule is CCOCCNC(=O)c1cn(C)nc1-c1ccccc1C. The monoisotopic (exact) mass is 287 g/mol. The number of hydrogen-bond acceptors (Lipinski definition) is 3. The van der Waals surface area contributed by atoms with Gasteiger partial charge in [-0.3, -0.25) is 9.48 Å². The summed E-state index contributed by atoms with van der Waals surface area (Å²) in [6.45, 7) is 5.61. The van der Waals surface area contributed by atoms with Crippen molar-refractivity contribution in [2.75, 3.05) is 19.8 Å². The van der Waals surface area contributed by atoms with Gasteiger partial charge in [0.2, 0.25) is 0 Å². The Hall–Kier alpha value is -2.14. The van der Waals surface area contributed by atoms with E-state index in [9.17, 15) is 4.79 Å². The summed E-state index contributed by atoms with van der Waals surface area (Å²) in [7, 11) is 1.82. The molecule has 21 heavy (non-hydrogen) atoms.